The van der Waals surface area contributed by atoms with E-state index < -0.39 is 0 Å². The third kappa shape index (κ3) is 3.94. The van der Waals surface area contributed by atoms with Crippen molar-refractivity contribution in [2.24, 2.45) is 0 Å². The highest BCUT2D eigenvalue weighted by atomic mass is 79.9. The molecule has 2 atom stereocenters. The molecule has 1 fully saturated rings. The van der Waals surface area contributed by atoms with E-state index in [4.69, 9.17) is 0 Å². The van der Waals surface area contributed by atoms with E-state index in [0.717, 1.165) is 24.1 Å². The molecule has 19 heavy (non-hydrogen) atoms. The average Bonchev–Trinajstić information content (AvgIpc) is 2.50. The lowest BCUT2D eigenvalue weighted by atomic mass is 10.1. The number of anilines is 1. The number of benzene rings is 1. The van der Waals surface area contributed by atoms with Gasteiger partial charge in [0, 0.05) is 29.3 Å². The van der Waals surface area contributed by atoms with Gasteiger partial charge in [-0.25, -0.2) is 0 Å². The van der Waals surface area contributed by atoms with Crippen molar-refractivity contribution in [2.45, 2.75) is 25.4 Å². The molecule has 1 saturated heterocycles. The number of hydrogen-bond acceptors (Lipinski definition) is 3. The summed E-state index contributed by atoms with van der Waals surface area (Å²) in [6, 6.07) is 9.73. The van der Waals surface area contributed by atoms with Crippen molar-refractivity contribution >= 4 is 21.6 Å². The second kappa shape index (κ2) is 6.73. The first kappa shape index (κ1) is 14.8. The van der Waals surface area contributed by atoms with Gasteiger partial charge < -0.3 is 15.1 Å². The molecule has 2 rings (SSSR count). The molecule has 1 aliphatic heterocycles. The Balaban J connectivity index is 2.28. The van der Waals surface area contributed by atoms with Crippen molar-refractivity contribution in [3.8, 4) is 0 Å². The lowest BCUT2D eigenvalue weighted by Crippen LogP contribution is -2.49. The molecule has 2 unspecified atom stereocenters. The lowest BCUT2D eigenvalue weighted by molar-refractivity contribution is 0.354. The number of hydrogen-bond donors (Lipinski definition) is 1. The SMILES string of the molecule is CC1CCNCC(CN(C)C)N1c1cccc(Br)c1. The monoisotopic (exact) mass is 325 g/mol. The molecule has 3 nitrogen and oxygen atoms in total. The maximum Gasteiger partial charge on any atom is 0.0544 e. The first-order valence-corrected chi connectivity index (χ1v) is 7.76. The normalized spacial score (nSPS) is 24.6. The van der Waals surface area contributed by atoms with Crippen LogP contribution in [0.4, 0.5) is 5.69 Å². The van der Waals surface area contributed by atoms with Crippen LogP contribution in [0.3, 0.4) is 0 Å². The molecular formula is C15H24BrN3. The van der Waals surface area contributed by atoms with Crippen molar-refractivity contribution in [3.05, 3.63) is 28.7 Å². The predicted octanol–water partition coefficient (Wildman–Crippen LogP) is 2.57. The number of likely N-dealkylation sites (N-methyl/N-ethyl adjacent to an activating group) is 1. The van der Waals surface area contributed by atoms with E-state index in [1.807, 2.05) is 0 Å². The summed E-state index contributed by atoms with van der Waals surface area (Å²) in [5.74, 6) is 0. The second-order valence-electron chi connectivity index (χ2n) is 5.65. The zero-order chi connectivity index (χ0) is 13.8. The highest BCUT2D eigenvalue weighted by Gasteiger charge is 2.26. The van der Waals surface area contributed by atoms with Crippen molar-refractivity contribution in [1.82, 2.24) is 10.2 Å². The smallest absolute Gasteiger partial charge is 0.0544 e. The Labute approximate surface area is 125 Å². The van der Waals surface area contributed by atoms with E-state index in [1.54, 1.807) is 0 Å². The van der Waals surface area contributed by atoms with Crippen molar-refractivity contribution in [2.75, 3.05) is 38.6 Å². The quantitative estimate of drug-likeness (QED) is 0.921. The van der Waals surface area contributed by atoms with Gasteiger partial charge in [-0.3, -0.25) is 0 Å². The van der Waals surface area contributed by atoms with Gasteiger partial charge in [0.25, 0.3) is 0 Å². The number of rotatable bonds is 3. The van der Waals surface area contributed by atoms with E-state index in [0.29, 0.717) is 12.1 Å². The molecule has 4 heteroatoms. The molecule has 1 N–H and O–H groups in total. The standard InChI is InChI=1S/C15H24BrN3/c1-12-7-8-17-10-15(11-18(2)3)19(12)14-6-4-5-13(16)9-14/h4-6,9,12,15,17H,7-8,10-11H2,1-3H3. The summed E-state index contributed by atoms with van der Waals surface area (Å²) in [4.78, 5) is 4.85. The summed E-state index contributed by atoms with van der Waals surface area (Å²) in [5, 5.41) is 3.57. The number of halogens is 1. The molecule has 1 aliphatic rings. The zero-order valence-corrected chi connectivity index (χ0v) is 13.7. The summed E-state index contributed by atoms with van der Waals surface area (Å²) < 4.78 is 1.15. The Morgan fingerprint density at radius 3 is 2.89 bits per heavy atom. The Hall–Kier alpha value is -0.580. The van der Waals surface area contributed by atoms with Gasteiger partial charge in [-0.1, -0.05) is 22.0 Å². The van der Waals surface area contributed by atoms with Gasteiger partial charge in [-0.05, 0) is 52.2 Å². The fourth-order valence-electron chi connectivity index (χ4n) is 2.85. The molecule has 106 valence electrons. The van der Waals surface area contributed by atoms with Crippen molar-refractivity contribution < 1.29 is 0 Å². The van der Waals surface area contributed by atoms with E-state index in [1.165, 1.54) is 12.1 Å². The summed E-state index contributed by atoms with van der Waals surface area (Å²) in [6.07, 6.45) is 1.19. The third-order valence-corrected chi connectivity index (χ3v) is 4.16. The Morgan fingerprint density at radius 2 is 2.21 bits per heavy atom. The van der Waals surface area contributed by atoms with Gasteiger partial charge in [0.15, 0.2) is 0 Å². The maximum absolute atomic E-state index is 3.59. The first-order valence-electron chi connectivity index (χ1n) is 6.97. The van der Waals surface area contributed by atoms with Crippen LogP contribution in [-0.4, -0.2) is 50.7 Å². The van der Waals surface area contributed by atoms with Gasteiger partial charge in [-0.2, -0.15) is 0 Å². The van der Waals surface area contributed by atoms with Crippen LogP contribution in [0, 0.1) is 0 Å². The van der Waals surface area contributed by atoms with Crippen LogP contribution < -0.4 is 10.2 Å². The molecule has 1 aromatic rings. The Kier molecular flexibility index (Phi) is 5.25. The summed E-state index contributed by atoms with van der Waals surface area (Å²) >= 11 is 3.59. The molecule has 0 aromatic heterocycles. The first-order chi connectivity index (χ1) is 9.08. The zero-order valence-electron chi connectivity index (χ0n) is 12.1. The summed E-state index contributed by atoms with van der Waals surface area (Å²) in [6.45, 7) is 5.56. The summed E-state index contributed by atoms with van der Waals surface area (Å²) in [5.41, 5.74) is 1.32. The molecular weight excluding hydrogens is 302 g/mol. The second-order valence-corrected chi connectivity index (χ2v) is 6.56. The van der Waals surface area contributed by atoms with Gasteiger partial charge >= 0.3 is 0 Å². The Bertz CT molecular complexity index is 408. The lowest BCUT2D eigenvalue weighted by Gasteiger charge is -2.38. The van der Waals surface area contributed by atoms with Gasteiger partial charge in [0.05, 0.1) is 6.04 Å². The van der Waals surface area contributed by atoms with Crippen LogP contribution in [-0.2, 0) is 0 Å². The molecule has 0 amide bonds. The molecule has 0 radical (unpaired) electrons. The third-order valence-electron chi connectivity index (χ3n) is 3.67. The molecule has 0 aliphatic carbocycles. The molecule has 0 spiro atoms. The number of nitrogens with zero attached hydrogens (tertiary/aromatic N) is 2. The minimum atomic E-state index is 0.516. The van der Waals surface area contributed by atoms with Crippen LogP contribution >= 0.6 is 15.9 Å². The average molecular weight is 326 g/mol. The minimum Gasteiger partial charge on any atom is -0.363 e. The largest absolute Gasteiger partial charge is 0.363 e. The van der Waals surface area contributed by atoms with E-state index in [9.17, 15) is 0 Å². The van der Waals surface area contributed by atoms with Crippen LogP contribution in [0.2, 0.25) is 0 Å². The molecule has 0 saturated carbocycles. The fraction of sp³-hybridized carbons (Fsp3) is 0.600. The predicted molar refractivity (Wildman–Crippen MR) is 85.9 cm³/mol. The van der Waals surface area contributed by atoms with Gasteiger partial charge in [0.2, 0.25) is 0 Å². The van der Waals surface area contributed by atoms with Crippen LogP contribution in [0.15, 0.2) is 28.7 Å². The molecule has 1 aromatic carbocycles. The topological polar surface area (TPSA) is 18.5 Å². The van der Waals surface area contributed by atoms with Crippen LogP contribution in [0.25, 0.3) is 0 Å². The Morgan fingerprint density at radius 1 is 1.42 bits per heavy atom. The highest BCUT2D eigenvalue weighted by Crippen LogP contribution is 2.26. The van der Waals surface area contributed by atoms with Crippen molar-refractivity contribution in [3.63, 3.8) is 0 Å². The summed E-state index contributed by atoms with van der Waals surface area (Å²) in [7, 11) is 4.29. The van der Waals surface area contributed by atoms with Gasteiger partial charge in [0.1, 0.15) is 0 Å². The highest BCUT2D eigenvalue weighted by molar-refractivity contribution is 9.10. The van der Waals surface area contributed by atoms with Crippen LogP contribution in [0.5, 0.6) is 0 Å². The maximum atomic E-state index is 3.59. The number of nitrogens with one attached hydrogen (secondary N) is 1. The van der Waals surface area contributed by atoms with E-state index in [2.05, 4.69) is 76.3 Å². The van der Waals surface area contributed by atoms with E-state index >= 15 is 0 Å². The van der Waals surface area contributed by atoms with Crippen molar-refractivity contribution in [1.29, 1.82) is 0 Å². The van der Waals surface area contributed by atoms with Gasteiger partial charge in [-0.15, -0.1) is 0 Å². The van der Waals surface area contributed by atoms with Crippen LogP contribution in [0.1, 0.15) is 13.3 Å². The molecule has 1 heterocycles. The minimum absolute atomic E-state index is 0.516. The molecule has 0 bridgehead atoms. The van der Waals surface area contributed by atoms with E-state index in [-0.39, 0.29) is 0 Å². The fourth-order valence-corrected chi connectivity index (χ4v) is 3.24.